The first-order valence-electron chi connectivity index (χ1n) is 8.79. The number of methoxy groups -OCH3 is 1. The summed E-state index contributed by atoms with van der Waals surface area (Å²) < 4.78 is 10.7. The van der Waals surface area contributed by atoms with E-state index in [0.29, 0.717) is 29.8 Å². The Morgan fingerprint density at radius 2 is 1.70 bits per heavy atom. The Morgan fingerprint density at radius 3 is 2.41 bits per heavy atom. The SMILES string of the molecule is CCCC(=O)Oc1cc2ccccc2cc1C(=O)Nc1cccc(OC)c1. The fourth-order valence-electron chi connectivity index (χ4n) is 2.76. The minimum Gasteiger partial charge on any atom is -0.497 e. The van der Waals surface area contributed by atoms with Gasteiger partial charge in [-0.2, -0.15) is 0 Å². The van der Waals surface area contributed by atoms with E-state index in [1.165, 1.54) is 0 Å². The van der Waals surface area contributed by atoms with Gasteiger partial charge in [0, 0.05) is 18.2 Å². The van der Waals surface area contributed by atoms with Crippen LogP contribution in [-0.4, -0.2) is 19.0 Å². The summed E-state index contributed by atoms with van der Waals surface area (Å²) >= 11 is 0. The summed E-state index contributed by atoms with van der Waals surface area (Å²) in [4.78, 5) is 24.9. The van der Waals surface area contributed by atoms with Crippen molar-refractivity contribution in [3.8, 4) is 11.5 Å². The lowest BCUT2D eigenvalue weighted by molar-refractivity contribution is -0.134. The number of nitrogens with one attached hydrogen (secondary N) is 1. The van der Waals surface area contributed by atoms with Crippen LogP contribution in [0.2, 0.25) is 0 Å². The molecular formula is C22H21NO4. The third-order valence-electron chi connectivity index (χ3n) is 4.10. The molecule has 0 atom stereocenters. The van der Waals surface area contributed by atoms with Gasteiger partial charge in [0.25, 0.3) is 5.91 Å². The first kappa shape index (κ1) is 18.5. The Morgan fingerprint density at radius 1 is 0.963 bits per heavy atom. The normalized spacial score (nSPS) is 10.4. The van der Waals surface area contributed by atoms with Gasteiger partial charge in [0.2, 0.25) is 0 Å². The molecule has 0 radical (unpaired) electrons. The van der Waals surface area contributed by atoms with Crippen molar-refractivity contribution < 1.29 is 19.1 Å². The van der Waals surface area contributed by atoms with E-state index < -0.39 is 0 Å². The average Bonchev–Trinajstić information content (AvgIpc) is 2.67. The molecule has 1 N–H and O–H groups in total. The minimum absolute atomic E-state index is 0.257. The number of esters is 1. The first-order valence-corrected chi connectivity index (χ1v) is 8.79. The number of fused-ring (bicyclic) bond motifs is 1. The van der Waals surface area contributed by atoms with E-state index in [0.717, 1.165) is 10.8 Å². The maximum atomic E-state index is 12.9. The van der Waals surface area contributed by atoms with Gasteiger partial charge >= 0.3 is 5.97 Å². The van der Waals surface area contributed by atoms with Crippen LogP contribution in [0.1, 0.15) is 30.1 Å². The number of ether oxygens (including phenoxy) is 2. The van der Waals surface area contributed by atoms with E-state index >= 15 is 0 Å². The molecule has 0 aliphatic rings. The van der Waals surface area contributed by atoms with Crippen molar-refractivity contribution in [2.75, 3.05) is 12.4 Å². The van der Waals surface area contributed by atoms with Gasteiger partial charge in [-0.05, 0) is 41.5 Å². The maximum absolute atomic E-state index is 12.9. The average molecular weight is 363 g/mol. The molecule has 0 fully saturated rings. The van der Waals surface area contributed by atoms with Crippen LogP contribution in [0.5, 0.6) is 11.5 Å². The Labute approximate surface area is 157 Å². The highest BCUT2D eigenvalue weighted by Crippen LogP contribution is 2.28. The minimum atomic E-state index is -0.358. The summed E-state index contributed by atoms with van der Waals surface area (Å²) in [5.41, 5.74) is 0.902. The van der Waals surface area contributed by atoms with Crippen LogP contribution in [0.4, 0.5) is 5.69 Å². The molecule has 138 valence electrons. The van der Waals surface area contributed by atoms with Crippen molar-refractivity contribution >= 4 is 28.3 Å². The lowest BCUT2D eigenvalue weighted by atomic mass is 10.0. The Balaban J connectivity index is 1.96. The van der Waals surface area contributed by atoms with Crippen LogP contribution < -0.4 is 14.8 Å². The van der Waals surface area contributed by atoms with Gasteiger partial charge in [-0.1, -0.05) is 37.3 Å². The molecule has 0 saturated heterocycles. The molecule has 0 aromatic heterocycles. The molecule has 3 aromatic rings. The standard InChI is InChI=1S/C22H21NO4/c1-3-7-21(24)27-20-13-16-9-5-4-8-15(16)12-19(20)22(25)23-17-10-6-11-18(14-17)26-2/h4-6,8-14H,3,7H2,1-2H3,(H,23,25). The number of hydrogen-bond donors (Lipinski definition) is 1. The van der Waals surface area contributed by atoms with Gasteiger partial charge in [0.1, 0.15) is 11.5 Å². The number of anilines is 1. The van der Waals surface area contributed by atoms with E-state index in [1.807, 2.05) is 31.2 Å². The maximum Gasteiger partial charge on any atom is 0.311 e. The number of carbonyl (C=O) groups excluding carboxylic acids is 2. The zero-order valence-corrected chi connectivity index (χ0v) is 15.3. The predicted molar refractivity (Wildman–Crippen MR) is 105 cm³/mol. The Bertz CT molecular complexity index is 981. The third-order valence-corrected chi connectivity index (χ3v) is 4.10. The van der Waals surface area contributed by atoms with Crippen LogP contribution >= 0.6 is 0 Å². The molecule has 3 aromatic carbocycles. The van der Waals surface area contributed by atoms with Crippen LogP contribution in [0.25, 0.3) is 10.8 Å². The smallest absolute Gasteiger partial charge is 0.311 e. The molecule has 27 heavy (non-hydrogen) atoms. The van der Waals surface area contributed by atoms with Gasteiger partial charge < -0.3 is 14.8 Å². The van der Waals surface area contributed by atoms with E-state index in [9.17, 15) is 9.59 Å². The largest absolute Gasteiger partial charge is 0.497 e. The summed E-state index contributed by atoms with van der Waals surface area (Å²) in [5, 5.41) is 4.62. The van der Waals surface area contributed by atoms with Crippen LogP contribution in [-0.2, 0) is 4.79 Å². The topological polar surface area (TPSA) is 64.6 Å². The number of amides is 1. The first-order chi connectivity index (χ1) is 13.1. The molecule has 3 rings (SSSR count). The lowest BCUT2D eigenvalue weighted by Crippen LogP contribution is -2.16. The molecule has 5 nitrogen and oxygen atoms in total. The van der Waals surface area contributed by atoms with Crippen molar-refractivity contribution in [3.05, 3.63) is 66.2 Å². The molecule has 0 aliphatic carbocycles. The second kappa shape index (κ2) is 8.36. The monoisotopic (exact) mass is 363 g/mol. The number of carbonyl (C=O) groups is 2. The zero-order chi connectivity index (χ0) is 19.2. The number of benzene rings is 3. The quantitative estimate of drug-likeness (QED) is 0.504. The van der Waals surface area contributed by atoms with E-state index in [-0.39, 0.29) is 17.6 Å². The summed E-state index contributed by atoms with van der Waals surface area (Å²) in [7, 11) is 1.57. The highest BCUT2D eigenvalue weighted by molar-refractivity contribution is 6.09. The highest BCUT2D eigenvalue weighted by atomic mass is 16.5. The molecule has 0 heterocycles. The lowest BCUT2D eigenvalue weighted by Gasteiger charge is -2.13. The van der Waals surface area contributed by atoms with E-state index in [2.05, 4.69) is 5.32 Å². The van der Waals surface area contributed by atoms with Crippen LogP contribution in [0.15, 0.2) is 60.7 Å². The molecule has 0 bridgehead atoms. The fourth-order valence-corrected chi connectivity index (χ4v) is 2.76. The van der Waals surface area contributed by atoms with Crippen molar-refractivity contribution in [1.82, 2.24) is 0 Å². The molecule has 5 heteroatoms. The molecule has 0 aliphatic heterocycles. The fraction of sp³-hybridized carbons (Fsp3) is 0.182. The zero-order valence-electron chi connectivity index (χ0n) is 15.3. The van der Waals surface area contributed by atoms with Crippen molar-refractivity contribution in [2.45, 2.75) is 19.8 Å². The molecule has 1 amide bonds. The summed E-state index contributed by atoms with van der Waals surface area (Å²) in [6.07, 6.45) is 0.974. The summed E-state index contributed by atoms with van der Waals surface area (Å²) in [6, 6.07) is 18.2. The number of rotatable bonds is 6. The third kappa shape index (κ3) is 4.44. The Kier molecular flexibility index (Phi) is 5.71. The summed E-state index contributed by atoms with van der Waals surface area (Å²) in [5.74, 6) is 0.185. The van der Waals surface area contributed by atoms with Crippen LogP contribution in [0, 0.1) is 0 Å². The van der Waals surface area contributed by atoms with E-state index in [1.54, 1.807) is 43.5 Å². The predicted octanol–water partition coefficient (Wildman–Crippen LogP) is 4.81. The molecule has 0 unspecified atom stereocenters. The van der Waals surface area contributed by atoms with Gasteiger partial charge in [0.15, 0.2) is 0 Å². The number of hydrogen-bond acceptors (Lipinski definition) is 4. The van der Waals surface area contributed by atoms with Gasteiger partial charge in [-0.3, -0.25) is 9.59 Å². The van der Waals surface area contributed by atoms with Crippen molar-refractivity contribution in [2.24, 2.45) is 0 Å². The highest BCUT2D eigenvalue weighted by Gasteiger charge is 2.17. The molecule has 0 spiro atoms. The van der Waals surface area contributed by atoms with Gasteiger partial charge in [-0.15, -0.1) is 0 Å². The second-order valence-electron chi connectivity index (χ2n) is 6.11. The van der Waals surface area contributed by atoms with Gasteiger partial charge in [-0.25, -0.2) is 0 Å². The van der Waals surface area contributed by atoms with Crippen molar-refractivity contribution in [1.29, 1.82) is 0 Å². The van der Waals surface area contributed by atoms with Gasteiger partial charge in [0.05, 0.1) is 12.7 Å². The molecular weight excluding hydrogens is 342 g/mol. The summed E-state index contributed by atoms with van der Waals surface area (Å²) in [6.45, 7) is 1.90. The second-order valence-corrected chi connectivity index (χ2v) is 6.11. The van der Waals surface area contributed by atoms with E-state index in [4.69, 9.17) is 9.47 Å². The Hall–Kier alpha value is -3.34. The van der Waals surface area contributed by atoms with Crippen molar-refractivity contribution in [3.63, 3.8) is 0 Å². The van der Waals surface area contributed by atoms with Crippen LogP contribution in [0.3, 0.4) is 0 Å². The molecule has 0 saturated carbocycles.